The van der Waals surface area contributed by atoms with Gasteiger partial charge in [-0.1, -0.05) is 12.2 Å². The van der Waals surface area contributed by atoms with Crippen molar-refractivity contribution in [3.05, 3.63) is 29.8 Å². The number of nitrogens with two attached hydrogens (primary N) is 1. The van der Waals surface area contributed by atoms with Gasteiger partial charge in [0.05, 0.1) is 12.1 Å². The molecular formula is C14H19N3O2S. The van der Waals surface area contributed by atoms with Crippen molar-refractivity contribution >= 4 is 23.1 Å². The number of hydrogen-bond donors (Lipinski definition) is 1. The van der Waals surface area contributed by atoms with E-state index in [-0.39, 0.29) is 5.91 Å². The topological polar surface area (TPSA) is 58.8 Å². The number of benzene rings is 1. The Bertz CT molecular complexity index is 482. The largest absolute Gasteiger partial charge is 0.497 e. The third-order valence-corrected chi connectivity index (χ3v) is 3.51. The predicted molar refractivity (Wildman–Crippen MR) is 82.1 cm³/mol. The monoisotopic (exact) mass is 293 g/mol. The molecule has 0 atom stereocenters. The molecule has 1 amide bonds. The van der Waals surface area contributed by atoms with E-state index in [1.807, 2.05) is 4.90 Å². The van der Waals surface area contributed by atoms with Crippen LogP contribution in [0.15, 0.2) is 24.3 Å². The maximum atomic E-state index is 12.3. The van der Waals surface area contributed by atoms with Crippen molar-refractivity contribution in [2.24, 2.45) is 5.73 Å². The Labute approximate surface area is 124 Å². The second-order valence-corrected chi connectivity index (χ2v) is 5.29. The zero-order valence-corrected chi connectivity index (χ0v) is 12.4. The van der Waals surface area contributed by atoms with E-state index in [1.54, 1.807) is 31.4 Å². The highest BCUT2D eigenvalue weighted by Gasteiger charge is 2.22. The molecule has 0 spiro atoms. The smallest absolute Gasteiger partial charge is 0.253 e. The normalized spacial score (nSPS) is 15.9. The van der Waals surface area contributed by atoms with E-state index in [9.17, 15) is 4.79 Å². The summed E-state index contributed by atoms with van der Waals surface area (Å²) in [4.78, 5) is 16.9. The molecule has 1 fully saturated rings. The first-order valence-electron chi connectivity index (χ1n) is 6.54. The lowest BCUT2D eigenvalue weighted by molar-refractivity contribution is 0.0654. The Morgan fingerprint density at radius 1 is 1.25 bits per heavy atom. The summed E-state index contributed by atoms with van der Waals surface area (Å²) in [5.74, 6) is 0.811. The maximum Gasteiger partial charge on any atom is 0.253 e. The summed E-state index contributed by atoms with van der Waals surface area (Å²) in [5, 5.41) is 0. The number of nitrogens with zero attached hydrogens (tertiary/aromatic N) is 2. The highest BCUT2D eigenvalue weighted by Crippen LogP contribution is 2.14. The van der Waals surface area contributed by atoms with Crippen LogP contribution < -0.4 is 10.5 Å². The average molecular weight is 293 g/mol. The lowest BCUT2D eigenvalue weighted by Crippen LogP contribution is -2.50. The van der Waals surface area contributed by atoms with Gasteiger partial charge >= 0.3 is 0 Å². The second kappa shape index (κ2) is 6.67. The molecule has 1 aliphatic rings. The molecule has 0 unspecified atom stereocenters. The van der Waals surface area contributed by atoms with E-state index in [4.69, 9.17) is 22.7 Å². The Balaban J connectivity index is 1.92. The van der Waals surface area contributed by atoms with Crippen LogP contribution in [0.1, 0.15) is 10.4 Å². The van der Waals surface area contributed by atoms with E-state index in [0.717, 1.165) is 18.8 Å². The van der Waals surface area contributed by atoms with Gasteiger partial charge in [-0.2, -0.15) is 0 Å². The third kappa shape index (κ3) is 3.68. The first kappa shape index (κ1) is 14.7. The predicted octanol–water partition coefficient (Wildman–Crippen LogP) is 0.739. The Kier molecular flexibility index (Phi) is 4.92. The van der Waals surface area contributed by atoms with Gasteiger partial charge in [0.15, 0.2) is 0 Å². The summed E-state index contributed by atoms with van der Waals surface area (Å²) in [6, 6.07) is 7.19. The minimum absolute atomic E-state index is 0.0580. The highest BCUT2D eigenvalue weighted by atomic mass is 32.1. The number of ether oxygens (including phenoxy) is 1. The number of methoxy groups -OCH3 is 1. The fourth-order valence-electron chi connectivity index (χ4n) is 2.25. The van der Waals surface area contributed by atoms with Gasteiger partial charge in [0, 0.05) is 38.3 Å². The summed E-state index contributed by atoms with van der Waals surface area (Å²) in [6.45, 7) is 3.64. The molecule has 2 N–H and O–H groups in total. The van der Waals surface area contributed by atoms with E-state index >= 15 is 0 Å². The molecule has 1 aliphatic heterocycles. The number of carbonyl (C=O) groups is 1. The Morgan fingerprint density at radius 2 is 1.85 bits per heavy atom. The summed E-state index contributed by atoms with van der Waals surface area (Å²) >= 11 is 4.90. The number of rotatable bonds is 4. The molecule has 5 nitrogen and oxygen atoms in total. The molecule has 0 radical (unpaired) electrons. The quantitative estimate of drug-likeness (QED) is 0.830. The molecule has 108 valence electrons. The summed E-state index contributed by atoms with van der Waals surface area (Å²) < 4.78 is 5.09. The summed E-state index contributed by atoms with van der Waals surface area (Å²) in [7, 11) is 1.61. The lowest BCUT2D eigenvalue weighted by atomic mass is 10.1. The van der Waals surface area contributed by atoms with Gasteiger partial charge in [0.2, 0.25) is 0 Å². The van der Waals surface area contributed by atoms with Gasteiger partial charge < -0.3 is 15.4 Å². The van der Waals surface area contributed by atoms with Crippen molar-refractivity contribution in [1.82, 2.24) is 9.80 Å². The molecule has 1 heterocycles. The molecule has 6 heteroatoms. The second-order valence-electron chi connectivity index (χ2n) is 4.76. The average Bonchev–Trinajstić information content (AvgIpc) is 2.47. The van der Waals surface area contributed by atoms with Crippen LogP contribution in [0, 0.1) is 0 Å². The fourth-order valence-corrected chi connectivity index (χ4v) is 2.43. The number of piperazine rings is 1. The standard InChI is InChI=1S/C14H19N3O2S/c1-19-12-4-2-11(3-5-12)14(18)17-8-6-16(7-9-17)10-13(15)20/h2-5H,6-10H2,1H3,(H2,15,20). The van der Waals surface area contributed by atoms with Crippen LogP contribution in [0.4, 0.5) is 0 Å². The summed E-state index contributed by atoms with van der Waals surface area (Å²) in [5.41, 5.74) is 6.22. The van der Waals surface area contributed by atoms with E-state index < -0.39 is 0 Å². The number of amides is 1. The van der Waals surface area contributed by atoms with Crippen LogP contribution in [0.2, 0.25) is 0 Å². The number of thiocarbonyl (C=S) groups is 1. The van der Waals surface area contributed by atoms with Crippen molar-refractivity contribution in [3.63, 3.8) is 0 Å². The van der Waals surface area contributed by atoms with Gasteiger partial charge in [-0.3, -0.25) is 9.69 Å². The minimum atomic E-state index is 0.0580. The molecule has 1 saturated heterocycles. The van der Waals surface area contributed by atoms with E-state index in [2.05, 4.69) is 4.90 Å². The zero-order chi connectivity index (χ0) is 14.5. The summed E-state index contributed by atoms with van der Waals surface area (Å²) in [6.07, 6.45) is 0. The molecule has 2 rings (SSSR count). The zero-order valence-electron chi connectivity index (χ0n) is 11.5. The van der Waals surface area contributed by atoms with Crippen molar-refractivity contribution in [1.29, 1.82) is 0 Å². The van der Waals surface area contributed by atoms with Gasteiger partial charge in [0.25, 0.3) is 5.91 Å². The third-order valence-electron chi connectivity index (χ3n) is 3.38. The molecule has 20 heavy (non-hydrogen) atoms. The van der Waals surface area contributed by atoms with E-state index in [0.29, 0.717) is 30.2 Å². The molecule has 0 aromatic heterocycles. The van der Waals surface area contributed by atoms with Gasteiger partial charge in [0.1, 0.15) is 5.75 Å². The Hall–Kier alpha value is -1.66. The van der Waals surface area contributed by atoms with Crippen LogP contribution in [-0.2, 0) is 0 Å². The first-order valence-corrected chi connectivity index (χ1v) is 6.95. The maximum absolute atomic E-state index is 12.3. The van der Waals surface area contributed by atoms with Crippen LogP contribution in [0.3, 0.4) is 0 Å². The van der Waals surface area contributed by atoms with Crippen molar-refractivity contribution in [2.45, 2.75) is 0 Å². The lowest BCUT2D eigenvalue weighted by Gasteiger charge is -2.34. The molecule has 0 aliphatic carbocycles. The molecule has 1 aromatic rings. The fraction of sp³-hybridized carbons (Fsp3) is 0.429. The molecule has 0 bridgehead atoms. The van der Waals surface area contributed by atoms with Gasteiger partial charge in [-0.05, 0) is 24.3 Å². The molecule has 0 saturated carbocycles. The number of carbonyl (C=O) groups excluding carboxylic acids is 1. The van der Waals surface area contributed by atoms with Gasteiger partial charge in [-0.15, -0.1) is 0 Å². The van der Waals surface area contributed by atoms with Crippen LogP contribution >= 0.6 is 12.2 Å². The van der Waals surface area contributed by atoms with Crippen molar-refractivity contribution in [2.75, 3.05) is 39.8 Å². The SMILES string of the molecule is COc1ccc(C(=O)N2CCN(CC(N)=S)CC2)cc1. The van der Waals surface area contributed by atoms with Crippen LogP contribution in [0.5, 0.6) is 5.75 Å². The van der Waals surface area contributed by atoms with Crippen LogP contribution in [-0.4, -0.2) is 60.5 Å². The highest BCUT2D eigenvalue weighted by molar-refractivity contribution is 7.80. The van der Waals surface area contributed by atoms with Gasteiger partial charge in [-0.25, -0.2) is 0 Å². The van der Waals surface area contributed by atoms with Crippen molar-refractivity contribution in [3.8, 4) is 5.75 Å². The minimum Gasteiger partial charge on any atom is -0.497 e. The first-order chi connectivity index (χ1) is 9.60. The molecular weight excluding hydrogens is 274 g/mol. The Morgan fingerprint density at radius 3 is 2.35 bits per heavy atom. The number of hydrogen-bond acceptors (Lipinski definition) is 4. The molecule has 1 aromatic carbocycles. The van der Waals surface area contributed by atoms with Crippen LogP contribution in [0.25, 0.3) is 0 Å². The van der Waals surface area contributed by atoms with E-state index in [1.165, 1.54) is 0 Å². The van der Waals surface area contributed by atoms with Crippen molar-refractivity contribution < 1.29 is 9.53 Å².